The Morgan fingerprint density at radius 2 is 1.65 bits per heavy atom. The average Bonchev–Trinajstić information content (AvgIpc) is 2.84. The van der Waals surface area contributed by atoms with Crippen molar-refractivity contribution in [2.75, 3.05) is 0 Å². The Hall–Kier alpha value is -1.82. The van der Waals surface area contributed by atoms with Gasteiger partial charge in [-0.25, -0.2) is 14.2 Å². The minimum Gasteiger partial charge on any atom is -0.271 e. The van der Waals surface area contributed by atoms with Crippen molar-refractivity contribution in [3.8, 4) is 0 Å². The van der Waals surface area contributed by atoms with Crippen LogP contribution < -0.4 is 11.3 Å². The summed E-state index contributed by atoms with van der Waals surface area (Å²) in [6.45, 7) is 0. The molecule has 1 aromatic heterocycles. The first-order chi connectivity index (χ1) is 9.67. The van der Waals surface area contributed by atoms with Gasteiger partial charge >= 0.3 is 0 Å². The average molecular weight is 290 g/mol. The highest BCUT2D eigenvalue weighted by Gasteiger charge is 2.15. The van der Waals surface area contributed by atoms with Gasteiger partial charge in [-0.2, -0.15) is 0 Å². The maximum absolute atomic E-state index is 13.2. The van der Waals surface area contributed by atoms with Crippen molar-refractivity contribution in [2.24, 2.45) is 5.84 Å². The molecule has 3 aromatic rings. The van der Waals surface area contributed by atoms with Crippen LogP contribution >= 0.6 is 11.3 Å². The lowest BCUT2D eigenvalue weighted by atomic mass is 10.1. The molecule has 1 atom stereocenters. The van der Waals surface area contributed by atoms with Gasteiger partial charge in [0.1, 0.15) is 11.6 Å². The Labute approximate surface area is 118 Å². The quantitative estimate of drug-likeness (QED) is 0.570. The third-order valence-corrected chi connectivity index (χ3v) is 4.33. The molecule has 3 rings (SSSR count). The van der Waals surface area contributed by atoms with Crippen LogP contribution in [0.15, 0.2) is 48.5 Å². The predicted molar refractivity (Wildman–Crippen MR) is 77.3 cm³/mol. The number of nitrogens with one attached hydrogen (secondary N) is 1. The molecule has 102 valence electrons. The van der Waals surface area contributed by atoms with Crippen molar-refractivity contribution >= 4 is 21.4 Å². The van der Waals surface area contributed by atoms with E-state index in [9.17, 15) is 8.78 Å². The summed E-state index contributed by atoms with van der Waals surface area (Å²) in [5, 5.41) is 0.840. The Morgan fingerprint density at radius 3 is 2.35 bits per heavy atom. The molecule has 0 saturated carbocycles. The van der Waals surface area contributed by atoms with Gasteiger partial charge in [0.25, 0.3) is 0 Å². The third kappa shape index (κ3) is 2.43. The van der Waals surface area contributed by atoms with Crippen LogP contribution in [-0.4, -0.2) is 0 Å². The zero-order valence-corrected chi connectivity index (χ0v) is 11.3. The minimum atomic E-state index is -0.289. The van der Waals surface area contributed by atoms with Crippen LogP contribution in [0.3, 0.4) is 0 Å². The molecule has 0 aliphatic carbocycles. The first-order valence-corrected chi connectivity index (χ1v) is 6.89. The second-order valence-corrected chi connectivity index (χ2v) is 5.60. The van der Waals surface area contributed by atoms with E-state index in [1.54, 1.807) is 18.2 Å². The fourth-order valence-electron chi connectivity index (χ4n) is 2.17. The highest BCUT2D eigenvalue weighted by atomic mass is 32.1. The lowest BCUT2D eigenvalue weighted by Crippen LogP contribution is -2.28. The van der Waals surface area contributed by atoms with Gasteiger partial charge in [0.2, 0.25) is 0 Å². The molecule has 0 amide bonds. The molecule has 20 heavy (non-hydrogen) atoms. The van der Waals surface area contributed by atoms with E-state index in [2.05, 4.69) is 5.43 Å². The summed E-state index contributed by atoms with van der Waals surface area (Å²) < 4.78 is 27.2. The molecule has 0 bridgehead atoms. The number of benzene rings is 2. The molecular weight excluding hydrogens is 278 g/mol. The SMILES string of the molecule is NNC(c1ccc(F)cc1)c1cc2cc(F)ccc2s1. The Kier molecular flexibility index (Phi) is 3.48. The number of fused-ring (bicyclic) bond motifs is 1. The van der Waals surface area contributed by atoms with Gasteiger partial charge in [0.05, 0.1) is 6.04 Å². The van der Waals surface area contributed by atoms with E-state index >= 15 is 0 Å². The van der Waals surface area contributed by atoms with Gasteiger partial charge in [-0.1, -0.05) is 12.1 Å². The summed E-state index contributed by atoms with van der Waals surface area (Å²) in [6, 6.07) is 12.5. The molecule has 0 spiro atoms. The number of hydrogen-bond donors (Lipinski definition) is 2. The first-order valence-electron chi connectivity index (χ1n) is 6.08. The van der Waals surface area contributed by atoms with Gasteiger partial charge in [0, 0.05) is 9.58 Å². The van der Waals surface area contributed by atoms with E-state index in [-0.39, 0.29) is 17.7 Å². The number of nitrogens with two attached hydrogens (primary N) is 1. The molecule has 2 aromatic carbocycles. The minimum absolute atomic E-state index is 0.240. The fraction of sp³-hybridized carbons (Fsp3) is 0.0667. The summed E-state index contributed by atoms with van der Waals surface area (Å²) in [5.41, 5.74) is 3.59. The summed E-state index contributed by atoms with van der Waals surface area (Å²) in [7, 11) is 0. The van der Waals surface area contributed by atoms with Crippen molar-refractivity contribution in [1.29, 1.82) is 0 Å². The lowest BCUT2D eigenvalue weighted by molar-refractivity contribution is 0.618. The van der Waals surface area contributed by atoms with Crippen molar-refractivity contribution < 1.29 is 8.78 Å². The van der Waals surface area contributed by atoms with Gasteiger partial charge in [0.15, 0.2) is 0 Å². The van der Waals surface area contributed by atoms with E-state index in [0.717, 1.165) is 20.5 Å². The second kappa shape index (κ2) is 5.28. The van der Waals surface area contributed by atoms with Crippen LogP contribution in [0.4, 0.5) is 8.78 Å². The standard InChI is InChI=1S/C15H12F2N2S/c16-11-3-1-9(2-4-11)15(19-18)14-8-10-7-12(17)5-6-13(10)20-14/h1-8,15,19H,18H2. The highest BCUT2D eigenvalue weighted by Crippen LogP contribution is 2.33. The van der Waals surface area contributed by atoms with Gasteiger partial charge in [-0.3, -0.25) is 5.84 Å². The molecule has 1 unspecified atom stereocenters. The van der Waals surface area contributed by atoms with Crippen LogP contribution in [0.25, 0.3) is 10.1 Å². The Bertz CT molecular complexity index is 737. The maximum Gasteiger partial charge on any atom is 0.123 e. The number of rotatable bonds is 3. The predicted octanol–water partition coefficient (Wildman–Crippen LogP) is 3.73. The molecule has 2 nitrogen and oxygen atoms in total. The Morgan fingerprint density at radius 1 is 0.950 bits per heavy atom. The van der Waals surface area contributed by atoms with Crippen LogP contribution in [0.1, 0.15) is 16.5 Å². The van der Waals surface area contributed by atoms with Crippen molar-refractivity contribution in [3.63, 3.8) is 0 Å². The molecule has 5 heteroatoms. The Balaban J connectivity index is 2.04. The first kappa shape index (κ1) is 13.2. The molecule has 0 aliphatic heterocycles. The van der Waals surface area contributed by atoms with Crippen molar-refractivity contribution in [1.82, 2.24) is 5.43 Å². The normalized spacial score (nSPS) is 12.8. The number of thiophene rings is 1. The van der Waals surface area contributed by atoms with Crippen LogP contribution in [0.5, 0.6) is 0 Å². The highest BCUT2D eigenvalue weighted by molar-refractivity contribution is 7.19. The van der Waals surface area contributed by atoms with Gasteiger partial charge < -0.3 is 0 Å². The van der Waals surface area contributed by atoms with Crippen molar-refractivity contribution in [2.45, 2.75) is 6.04 Å². The largest absolute Gasteiger partial charge is 0.271 e. The maximum atomic E-state index is 13.2. The summed E-state index contributed by atoms with van der Waals surface area (Å²) >= 11 is 1.53. The molecule has 0 aliphatic rings. The van der Waals surface area contributed by atoms with Crippen LogP contribution in [0, 0.1) is 11.6 Å². The molecule has 0 fully saturated rings. The summed E-state index contributed by atoms with van der Waals surface area (Å²) in [4.78, 5) is 0.958. The second-order valence-electron chi connectivity index (χ2n) is 4.48. The smallest absolute Gasteiger partial charge is 0.123 e. The van der Waals surface area contributed by atoms with E-state index in [1.807, 2.05) is 6.07 Å². The van der Waals surface area contributed by atoms with Crippen molar-refractivity contribution in [3.05, 3.63) is 70.6 Å². The zero-order valence-electron chi connectivity index (χ0n) is 10.4. The fourth-order valence-corrected chi connectivity index (χ4v) is 3.31. The van der Waals surface area contributed by atoms with Gasteiger partial charge in [-0.15, -0.1) is 11.3 Å². The molecular formula is C15H12F2N2S. The van der Waals surface area contributed by atoms with E-state index in [4.69, 9.17) is 5.84 Å². The van der Waals surface area contributed by atoms with Gasteiger partial charge in [-0.05, 0) is 47.3 Å². The van der Waals surface area contributed by atoms with Crippen LogP contribution in [0.2, 0.25) is 0 Å². The monoisotopic (exact) mass is 290 g/mol. The zero-order chi connectivity index (χ0) is 14.1. The summed E-state index contributed by atoms with van der Waals surface area (Å²) in [6.07, 6.45) is 0. The molecule has 0 saturated heterocycles. The van der Waals surface area contributed by atoms with E-state index in [1.165, 1.54) is 35.6 Å². The van der Waals surface area contributed by atoms with Crippen LogP contribution in [-0.2, 0) is 0 Å². The van der Waals surface area contributed by atoms with E-state index < -0.39 is 0 Å². The topological polar surface area (TPSA) is 38.0 Å². The molecule has 1 heterocycles. The third-order valence-electron chi connectivity index (χ3n) is 3.15. The number of hydrogen-bond acceptors (Lipinski definition) is 3. The molecule has 3 N–H and O–H groups in total. The number of halogens is 2. The van der Waals surface area contributed by atoms with E-state index in [0.29, 0.717) is 0 Å². The number of hydrazine groups is 1. The summed E-state index contributed by atoms with van der Waals surface area (Å²) in [5.74, 6) is 5.06. The lowest BCUT2D eigenvalue weighted by Gasteiger charge is -2.14. The molecule has 0 radical (unpaired) electrons.